The predicted octanol–water partition coefficient (Wildman–Crippen LogP) is 3.31. The molecule has 0 saturated heterocycles. The van der Waals surface area contributed by atoms with Gasteiger partial charge in [-0.3, -0.25) is 9.79 Å². The summed E-state index contributed by atoms with van der Waals surface area (Å²) in [5.41, 5.74) is 2.15. The van der Waals surface area contributed by atoms with Gasteiger partial charge in [-0.2, -0.15) is 0 Å². The van der Waals surface area contributed by atoms with E-state index in [2.05, 4.69) is 20.9 Å². The first kappa shape index (κ1) is 23.7. The van der Waals surface area contributed by atoms with Crippen LogP contribution in [0.25, 0.3) is 0 Å². The van der Waals surface area contributed by atoms with E-state index < -0.39 is 0 Å². The van der Waals surface area contributed by atoms with E-state index in [4.69, 9.17) is 5.11 Å². The number of likely N-dealkylation sites (N-methyl/N-ethyl adjacent to an activating group) is 1. The number of rotatable bonds is 7. The topological polar surface area (TPSA) is 85.8 Å². The summed E-state index contributed by atoms with van der Waals surface area (Å²) < 4.78 is 13.3. The summed E-state index contributed by atoms with van der Waals surface area (Å²) in [7, 11) is 3.54. The van der Waals surface area contributed by atoms with Gasteiger partial charge in [0.1, 0.15) is 17.4 Å². The second kappa shape index (κ2) is 12.9. The highest BCUT2D eigenvalue weighted by molar-refractivity contribution is 5.98. The van der Waals surface area contributed by atoms with Crippen LogP contribution in [0.2, 0.25) is 0 Å². The molecule has 0 amide bonds. The van der Waals surface area contributed by atoms with Gasteiger partial charge in [0.15, 0.2) is 5.78 Å². The number of nitrogens with one attached hydrogen (secondary N) is 3. The lowest BCUT2D eigenvalue weighted by Crippen LogP contribution is -2.20. The van der Waals surface area contributed by atoms with Crippen molar-refractivity contribution in [3.63, 3.8) is 0 Å². The quantitative estimate of drug-likeness (QED) is 0.326. The number of benzene rings is 2. The van der Waals surface area contributed by atoms with Crippen LogP contribution < -0.4 is 16.0 Å². The van der Waals surface area contributed by atoms with Crippen LogP contribution in [-0.2, 0) is 4.79 Å². The van der Waals surface area contributed by atoms with E-state index in [1.807, 2.05) is 26.1 Å². The van der Waals surface area contributed by atoms with Gasteiger partial charge in [0.05, 0.1) is 12.2 Å². The maximum Gasteiger partial charge on any atom is 0.154 e. The van der Waals surface area contributed by atoms with Crippen molar-refractivity contribution in [2.45, 2.75) is 13.8 Å². The molecule has 0 fully saturated rings. The molecule has 0 aliphatic rings. The minimum absolute atomic E-state index is 0.0312. The average Bonchev–Trinajstić information content (AvgIpc) is 2.70. The van der Waals surface area contributed by atoms with Gasteiger partial charge in [-0.15, -0.1) is 0 Å². The first-order valence-electron chi connectivity index (χ1n) is 9.28. The van der Waals surface area contributed by atoms with Crippen LogP contribution in [0.1, 0.15) is 19.4 Å². The number of halogens is 1. The number of phenols is 1. The van der Waals surface area contributed by atoms with Gasteiger partial charge in [0.2, 0.25) is 0 Å². The zero-order chi connectivity index (χ0) is 21.6. The highest BCUT2D eigenvalue weighted by atomic mass is 19.1. The van der Waals surface area contributed by atoms with Crippen molar-refractivity contribution in [3.8, 4) is 5.75 Å². The molecule has 156 valence electrons. The molecule has 0 aliphatic carbocycles. The standard InChI is InChI=1S/C13H17FN2O.C9H12N2O/c1-3-15-11(8-10(2)17)9-16-13-7-5-4-6-12(13)14;1-10-9(11-2)7-3-5-8(12)6-4-7/h4-8,15-16H,3,9H2,1-2H3;3-6,12H,1-2H3,(H,10,11)/b11-8-;. The van der Waals surface area contributed by atoms with Crippen LogP contribution in [0.4, 0.5) is 10.1 Å². The molecule has 0 atom stereocenters. The van der Waals surface area contributed by atoms with Gasteiger partial charge < -0.3 is 21.1 Å². The lowest BCUT2D eigenvalue weighted by Gasteiger charge is -2.11. The number of hydrogen-bond donors (Lipinski definition) is 4. The number of nitrogens with zero attached hydrogens (tertiary/aromatic N) is 1. The number of aromatic hydroxyl groups is 1. The first-order valence-corrected chi connectivity index (χ1v) is 9.28. The van der Waals surface area contributed by atoms with E-state index in [0.29, 0.717) is 12.2 Å². The van der Waals surface area contributed by atoms with Crippen LogP contribution in [0, 0.1) is 5.82 Å². The van der Waals surface area contributed by atoms with Crippen molar-refractivity contribution < 1.29 is 14.3 Å². The monoisotopic (exact) mass is 400 g/mol. The van der Waals surface area contributed by atoms with Gasteiger partial charge in [-0.05, 0) is 50.2 Å². The molecule has 0 heterocycles. The molecule has 29 heavy (non-hydrogen) atoms. The Morgan fingerprint density at radius 2 is 1.83 bits per heavy atom. The van der Waals surface area contributed by atoms with Crippen molar-refractivity contribution >= 4 is 17.3 Å². The molecule has 0 bridgehead atoms. The van der Waals surface area contributed by atoms with Gasteiger partial charge in [-0.1, -0.05) is 12.1 Å². The van der Waals surface area contributed by atoms with Gasteiger partial charge in [0.25, 0.3) is 0 Å². The Bertz CT molecular complexity index is 833. The zero-order valence-electron chi connectivity index (χ0n) is 17.3. The Balaban J connectivity index is 0.000000308. The van der Waals surface area contributed by atoms with E-state index >= 15 is 0 Å². The lowest BCUT2D eigenvalue weighted by molar-refractivity contribution is -0.112. The molecule has 0 aromatic heterocycles. The Kier molecular flexibility index (Phi) is 10.6. The smallest absolute Gasteiger partial charge is 0.154 e. The third-order valence-corrected chi connectivity index (χ3v) is 3.73. The largest absolute Gasteiger partial charge is 0.508 e. The second-order valence-electron chi connectivity index (χ2n) is 6.01. The van der Waals surface area contributed by atoms with E-state index in [1.165, 1.54) is 19.1 Å². The van der Waals surface area contributed by atoms with Crippen molar-refractivity contribution in [1.29, 1.82) is 0 Å². The normalized spacial score (nSPS) is 11.2. The summed E-state index contributed by atoms with van der Waals surface area (Å²) in [6.07, 6.45) is 1.51. The maximum atomic E-state index is 13.3. The number of amidine groups is 1. The number of carbonyl (C=O) groups excluding carboxylic acids is 1. The molecule has 6 nitrogen and oxygen atoms in total. The van der Waals surface area contributed by atoms with Crippen molar-refractivity contribution in [1.82, 2.24) is 10.6 Å². The predicted molar refractivity (Wildman–Crippen MR) is 117 cm³/mol. The first-order chi connectivity index (χ1) is 13.9. The average molecular weight is 400 g/mol. The Labute approximate surface area is 171 Å². The minimum Gasteiger partial charge on any atom is -0.508 e. The fraction of sp³-hybridized carbons (Fsp3) is 0.273. The van der Waals surface area contributed by atoms with Crippen molar-refractivity contribution in [2.24, 2.45) is 4.99 Å². The van der Waals surface area contributed by atoms with Crippen LogP contribution in [0.3, 0.4) is 0 Å². The van der Waals surface area contributed by atoms with Crippen molar-refractivity contribution in [3.05, 3.63) is 71.7 Å². The molecule has 4 N–H and O–H groups in total. The summed E-state index contributed by atoms with van der Waals surface area (Å²) in [6.45, 7) is 4.55. The number of aliphatic imine (C=N–C) groups is 1. The Morgan fingerprint density at radius 3 is 2.34 bits per heavy atom. The Morgan fingerprint density at radius 1 is 1.17 bits per heavy atom. The van der Waals surface area contributed by atoms with E-state index in [9.17, 15) is 9.18 Å². The summed E-state index contributed by atoms with van der Waals surface area (Å²) in [5.74, 6) is 0.753. The number of anilines is 1. The molecule has 0 aliphatic heterocycles. The van der Waals surface area contributed by atoms with Crippen LogP contribution in [-0.4, -0.2) is 43.9 Å². The molecular formula is C22H29FN4O2. The fourth-order valence-electron chi connectivity index (χ4n) is 2.44. The molecule has 0 unspecified atom stereocenters. The molecular weight excluding hydrogens is 371 g/mol. The lowest BCUT2D eigenvalue weighted by atomic mass is 10.2. The zero-order valence-corrected chi connectivity index (χ0v) is 17.3. The van der Waals surface area contributed by atoms with E-state index in [0.717, 1.165) is 23.6 Å². The number of phenolic OH excluding ortho intramolecular Hbond substituents is 1. The number of allylic oxidation sites excluding steroid dienone is 1. The van der Waals surface area contributed by atoms with Gasteiger partial charge in [-0.25, -0.2) is 4.39 Å². The molecule has 0 saturated carbocycles. The highest BCUT2D eigenvalue weighted by Crippen LogP contribution is 2.12. The SMILES string of the molecule is CCN/C(=C\C(C)=O)CNc1ccccc1F.CN=C(NC)c1ccc(O)cc1. The van der Waals surface area contributed by atoms with Gasteiger partial charge >= 0.3 is 0 Å². The number of hydrogen-bond acceptors (Lipinski definition) is 5. The number of para-hydroxylation sites is 1. The van der Waals surface area contributed by atoms with E-state index in [-0.39, 0.29) is 17.3 Å². The van der Waals surface area contributed by atoms with Crippen LogP contribution in [0.5, 0.6) is 5.75 Å². The third-order valence-electron chi connectivity index (χ3n) is 3.73. The van der Waals surface area contributed by atoms with Crippen molar-refractivity contribution in [2.75, 3.05) is 32.5 Å². The molecule has 7 heteroatoms. The minimum atomic E-state index is -0.300. The van der Waals surface area contributed by atoms with Crippen LogP contribution in [0.15, 0.2) is 65.3 Å². The molecule has 0 spiro atoms. The summed E-state index contributed by atoms with van der Waals surface area (Å²) in [5, 5.41) is 18.0. The van der Waals surface area contributed by atoms with Gasteiger partial charge in [0, 0.05) is 38.0 Å². The third kappa shape index (κ3) is 8.92. The summed E-state index contributed by atoms with van der Waals surface area (Å²) >= 11 is 0. The Hall–Kier alpha value is -3.35. The highest BCUT2D eigenvalue weighted by Gasteiger charge is 2.02. The molecule has 0 radical (unpaired) electrons. The molecule has 2 rings (SSSR count). The summed E-state index contributed by atoms with van der Waals surface area (Å²) in [4.78, 5) is 15.0. The summed E-state index contributed by atoms with van der Waals surface area (Å²) in [6, 6.07) is 13.3. The maximum absolute atomic E-state index is 13.3. The second-order valence-corrected chi connectivity index (χ2v) is 6.01. The molecule has 2 aromatic carbocycles. The number of carbonyl (C=O) groups is 1. The molecule has 2 aromatic rings. The van der Waals surface area contributed by atoms with Crippen LogP contribution >= 0.6 is 0 Å². The number of ketones is 1. The fourth-order valence-corrected chi connectivity index (χ4v) is 2.44. The van der Waals surface area contributed by atoms with E-state index in [1.54, 1.807) is 37.4 Å².